The Balaban J connectivity index is 1.69. The fourth-order valence-electron chi connectivity index (χ4n) is 3.13. The van der Waals surface area contributed by atoms with Crippen molar-refractivity contribution in [2.75, 3.05) is 0 Å². The number of nitrogens with two attached hydrogens (primary N) is 1. The Labute approximate surface area is 176 Å². The van der Waals surface area contributed by atoms with Crippen molar-refractivity contribution in [3.05, 3.63) is 94.5 Å². The van der Waals surface area contributed by atoms with Crippen molar-refractivity contribution < 1.29 is 14.0 Å². The third kappa shape index (κ3) is 3.86. The van der Waals surface area contributed by atoms with Crippen LogP contribution in [-0.4, -0.2) is 21.7 Å². The fourth-order valence-corrected chi connectivity index (χ4v) is 3.25. The van der Waals surface area contributed by atoms with Gasteiger partial charge >= 0.3 is 0 Å². The zero-order valence-electron chi connectivity index (χ0n) is 15.5. The minimum atomic E-state index is -0.629. The molecule has 7 heteroatoms. The van der Waals surface area contributed by atoms with E-state index in [-0.39, 0.29) is 5.56 Å². The molecule has 1 amide bonds. The highest BCUT2D eigenvalue weighted by molar-refractivity contribution is 6.30. The average Bonchev–Trinajstić information content (AvgIpc) is 3.14. The number of nitrogens with zero attached hydrogens (tertiary/aromatic N) is 1. The Morgan fingerprint density at radius 1 is 1.07 bits per heavy atom. The summed E-state index contributed by atoms with van der Waals surface area (Å²) in [7, 11) is 0. The van der Waals surface area contributed by atoms with Crippen LogP contribution in [0.1, 0.15) is 21.5 Å². The highest BCUT2D eigenvalue weighted by Gasteiger charge is 2.15. The molecule has 148 valence electrons. The second kappa shape index (κ2) is 7.93. The number of ketones is 1. The van der Waals surface area contributed by atoms with E-state index < -0.39 is 17.5 Å². The number of carbonyl (C=O) groups is 2. The minimum absolute atomic E-state index is 0.0261. The first-order valence-electron chi connectivity index (χ1n) is 8.97. The summed E-state index contributed by atoms with van der Waals surface area (Å²) in [4.78, 5) is 30.9. The summed E-state index contributed by atoms with van der Waals surface area (Å²) in [5, 5.41) is 1.26. The molecule has 2 aromatic carbocycles. The number of pyridine rings is 1. The molecule has 3 N–H and O–H groups in total. The van der Waals surface area contributed by atoms with Crippen LogP contribution in [0.3, 0.4) is 0 Å². The number of halogens is 2. The lowest BCUT2D eigenvalue weighted by Gasteiger charge is -2.07. The van der Waals surface area contributed by atoms with E-state index in [2.05, 4.69) is 9.97 Å². The Kier molecular flexibility index (Phi) is 5.16. The van der Waals surface area contributed by atoms with Gasteiger partial charge in [0.2, 0.25) is 5.91 Å². The van der Waals surface area contributed by atoms with Gasteiger partial charge in [0, 0.05) is 45.6 Å². The highest BCUT2D eigenvalue weighted by atomic mass is 35.5. The van der Waals surface area contributed by atoms with Crippen LogP contribution in [0.2, 0.25) is 5.02 Å². The Morgan fingerprint density at radius 3 is 2.53 bits per heavy atom. The lowest BCUT2D eigenvalue weighted by molar-refractivity contribution is -0.113. The van der Waals surface area contributed by atoms with Gasteiger partial charge in [-0.25, -0.2) is 9.37 Å². The summed E-state index contributed by atoms with van der Waals surface area (Å²) in [6, 6.07) is 12.5. The molecular formula is C23H15ClFN3O2. The zero-order chi connectivity index (χ0) is 21.3. The van der Waals surface area contributed by atoms with Crippen molar-refractivity contribution in [1.29, 1.82) is 0 Å². The molecule has 30 heavy (non-hydrogen) atoms. The van der Waals surface area contributed by atoms with Crippen LogP contribution in [0, 0.1) is 5.82 Å². The van der Waals surface area contributed by atoms with Crippen molar-refractivity contribution >= 4 is 40.4 Å². The summed E-state index contributed by atoms with van der Waals surface area (Å²) in [5.41, 5.74) is 8.07. The third-order valence-electron chi connectivity index (χ3n) is 4.64. The summed E-state index contributed by atoms with van der Waals surface area (Å²) in [6.45, 7) is 0. The van der Waals surface area contributed by atoms with Crippen molar-refractivity contribution in [1.82, 2.24) is 9.97 Å². The second-order valence-electron chi connectivity index (χ2n) is 6.63. The van der Waals surface area contributed by atoms with Crippen LogP contribution in [0.25, 0.3) is 28.2 Å². The lowest BCUT2D eigenvalue weighted by atomic mass is 9.99. The Bertz CT molecular complexity index is 1310. The van der Waals surface area contributed by atoms with Crippen molar-refractivity contribution in [3.63, 3.8) is 0 Å². The van der Waals surface area contributed by atoms with Crippen LogP contribution in [0.15, 0.2) is 67.0 Å². The largest absolute Gasteiger partial charge is 0.366 e. The Hall–Kier alpha value is -3.77. The summed E-state index contributed by atoms with van der Waals surface area (Å²) in [6.07, 6.45) is 6.15. The van der Waals surface area contributed by atoms with Gasteiger partial charge in [-0.05, 0) is 54.1 Å². The van der Waals surface area contributed by atoms with Crippen molar-refractivity contribution in [3.8, 4) is 11.1 Å². The molecule has 0 aliphatic carbocycles. The molecule has 4 aromatic rings. The van der Waals surface area contributed by atoms with Crippen LogP contribution in [-0.2, 0) is 4.79 Å². The fraction of sp³-hybridized carbons (Fsp3) is 0. The van der Waals surface area contributed by atoms with Crippen molar-refractivity contribution in [2.24, 2.45) is 5.73 Å². The molecular weight excluding hydrogens is 405 g/mol. The van der Waals surface area contributed by atoms with E-state index in [9.17, 15) is 14.0 Å². The van der Waals surface area contributed by atoms with Gasteiger partial charge in [0.1, 0.15) is 11.5 Å². The number of benzene rings is 2. The molecule has 2 aromatic heterocycles. The van der Waals surface area contributed by atoms with Gasteiger partial charge < -0.3 is 10.7 Å². The molecule has 0 bridgehead atoms. The van der Waals surface area contributed by atoms with E-state index in [1.807, 2.05) is 6.07 Å². The first kappa shape index (κ1) is 19.5. The number of aromatic nitrogens is 2. The van der Waals surface area contributed by atoms with Gasteiger partial charge in [0.15, 0.2) is 5.78 Å². The van der Waals surface area contributed by atoms with E-state index >= 15 is 0 Å². The van der Waals surface area contributed by atoms with Gasteiger partial charge in [-0.15, -0.1) is 0 Å². The second-order valence-corrected chi connectivity index (χ2v) is 7.07. The third-order valence-corrected chi connectivity index (χ3v) is 4.90. The number of amides is 1. The molecule has 0 aliphatic heterocycles. The SMILES string of the molecule is NC(=O)C=Cc1c[nH]c2ncc(-c3ccc(C(=O)c4ccc(Cl)cc4)c(F)c3)cc12. The van der Waals surface area contributed by atoms with Gasteiger partial charge in [-0.3, -0.25) is 9.59 Å². The smallest absolute Gasteiger partial charge is 0.241 e. The lowest BCUT2D eigenvalue weighted by Crippen LogP contribution is -2.05. The van der Waals surface area contributed by atoms with E-state index in [0.717, 1.165) is 10.9 Å². The standard InChI is InChI=1S/C23H15ClFN3O2/c24-17-5-1-13(2-6-17)22(30)18-7-3-14(10-20(18)25)16-9-19-15(4-8-21(26)29)11-27-23(19)28-12-16/h1-12H,(H2,26,29)(H,27,28). The topological polar surface area (TPSA) is 88.8 Å². The number of carbonyl (C=O) groups excluding carboxylic acids is 2. The molecule has 0 fully saturated rings. The van der Waals surface area contributed by atoms with Gasteiger partial charge in [-0.1, -0.05) is 17.7 Å². The number of rotatable bonds is 5. The first-order valence-corrected chi connectivity index (χ1v) is 9.35. The molecule has 0 atom stereocenters. The number of nitrogens with one attached hydrogen (secondary N) is 1. The number of hydrogen-bond acceptors (Lipinski definition) is 3. The Morgan fingerprint density at radius 2 is 1.83 bits per heavy atom. The zero-order valence-corrected chi connectivity index (χ0v) is 16.3. The van der Waals surface area contributed by atoms with E-state index in [4.69, 9.17) is 17.3 Å². The van der Waals surface area contributed by atoms with Crippen molar-refractivity contribution in [2.45, 2.75) is 0 Å². The molecule has 0 unspecified atom stereocenters. The molecule has 2 heterocycles. The van der Waals surface area contributed by atoms with Gasteiger partial charge in [-0.2, -0.15) is 0 Å². The van der Waals surface area contributed by atoms with Gasteiger partial charge in [0.05, 0.1) is 5.56 Å². The maximum Gasteiger partial charge on any atom is 0.241 e. The van der Waals surface area contributed by atoms with Crippen LogP contribution < -0.4 is 5.73 Å². The van der Waals surface area contributed by atoms with Crippen LogP contribution in [0.5, 0.6) is 0 Å². The molecule has 4 rings (SSSR count). The van der Waals surface area contributed by atoms with Gasteiger partial charge in [0.25, 0.3) is 0 Å². The predicted molar refractivity (Wildman–Crippen MR) is 115 cm³/mol. The number of hydrogen-bond donors (Lipinski definition) is 2. The number of H-pyrrole nitrogens is 1. The highest BCUT2D eigenvalue weighted by Crippen LogP contribution is 2.27. The average molecular weight is 420 g/mol. The van der Waals surface area contributed by atoms with Crippen LogP contribution in [0.4, 0.5) is 4.39 Å². The number of aromatic amines is 1. The maximum atomic E-state index is 14.8. The molecule has 0 saturated heterocycles. The van der Waals surface area contributed by atoms with E-state index in [1.165, 1.54) is 18.2 Å². The number of fused-ring (bicyclic) bond motifs is 1. The monoisotopic (exact) mass is 419 g/mol. The maximum absolute atomic E-state index is 14.8. The first-order chi connectivity index (χ1) is 14.4. The summed E-state index contributed by atoms with van der Waals surface area (Å²) < 4.78 is 14.8. The molecule has 0 spiro atoms. The van der Waals surface area contributed by atoms with E-state index in [1.54, 1.807) is 48.8 Å². The quantitative estimate of drug-likeness (QED) is 0.361. The predicted octanol–water partition coefficient (Wildman–Crippen LogP) is 4.75. The summed E-state index contributed by atoms with van der Waals surface area (Å²) >= 11 is 5.84. The molecule has 0 radical (unpaired) electrons. The molecule has 5 nitrogen and oxygen atoms in total. The number of primary amides is 1. The van der Waals surface area contributed by atoms with Crippen LogP contribution >= 0.6 is 11.6 Å². The molecule has 0 saturated carbocycles. The normalized spacial score (nSPS) is 11.3. The van der Waals surface area contributed by atoms with E-state index in [0.29, 0.717) is 27.4 Å². The minimum Gasteiger partial charge on any atom is -0.366 e. The summed E-state index contributed by atoms with van der Waals surface area (Å²) in [5.74, 6) is -1.61. The molecule has 0 aliphatic rings.